The monoisotopic (exact) mass is 370 g/mol. The Morgan fingerprint density at radius 2 is 1.78 bits per heavy atom. The van der Waals surface area contributed by atoms with Crippen LogP contribution in [0.2, 0.25) is 15.3 Å². The zero-order valence-corrected chi connectivity index (χ0v) is 12.3. The van der Waals surface area contributed by atoms with Gasteiger partial charge in [0.05, 0.1) is 9.50 Å². The second kappa shape index (κ2) is 5.57. The number of nitrogens with zero attached hydrogens (tertiary/aromatic N) is 2. The number of ether oxygens (including phenoxy) is 1. The molecule has 8 heteroatoms. The van der Waals surface area contributed by atoms with E-state index in [1.165, 1.54) is 12.1 Å². The van der Waals surface area contributed by atoms with Crippen molar-refractivity contribution in [2.75, 3.05) is 0 Å². The lowest BCUT2D eigenvalue weighted by molar-refractivity contribution is 0.470. The second-order valence-corrected chi connectivity index (χ2v) is 5.13. The molecule has 0 atom stereocenters. The van der Waals surface area contributed by atoms with Crippen molar-refractivity contribution in [1.29, 1.82) is 0 Å². The summed E-state index contributed by atoms with van der Waals surface area (Å²) in [6.45, 7) is 0. The van der Waals surface area contributed by atoms with Crippen molar-refractivity contribution in [1.82, 2.24) is 10.2 Å². The number of halogens is 5. The van der Waals surface area contributed by atoms with Crippen LogP contribution >= 0.6 is 50.7 Å². The van der Waals surface area contributed by atoms with Crippen molar-refractivity contribution in [3.63, 3.8) is 0 Å². The molecule has 0 unspecified atom stereocenters. The Morgan fingerprint density at radius 3 is 2.50 bits per heavy atom. The van der Waals surface area contributed by atoms with E-state index in [2.05, 4.69) is 26.1 Å². The minimum absolute atomic E-state index is 0.0154. The van der Waals surface area contributed by atoms with Gasteiger partial charge in [-0.3, -0.25) is 0 Å². The zero-order chi connectivity index (χ0) is 13.3. The van der Waals surface area contributed by atoms with Crippen molar-refractivity contribution < 1.29 is 9.13 Å². The number of hydrogen-bond acceptors (Lipinski definition) is 3. The fourth-order valence-corrected chi connectivity index (χ4v) is 2.10. The van der Waals surface area contributed by atoms with Gasteiger partial charge in [-0.25, -0.2) is 4.39 Å². The van der Waals surface area contributed by atoms with Gasteiger partial charge < -0.3 is 4.74 Å². The minimum atomic E-state index is -0.612. The van der Waals surface area contributed by atoms with Crippen molar-refractivity contribution in [2.24, 2.45) is 0 Å². The van der Waals surface area contributed by atoms with E-state index in [1.807, 2.05) is 0 Å². The van der Waals surface area contributed by atoms with E-state index in [0.29, 0.717) is 4.47 Å². The highest BCUT2D eigenvalue weighted by atomic mass is 79.9. The molecule has 2 aromatic rings. The van der Waals surface area contributed by atoms with Gasteiger partial charge in [0.1, 0.15) is 11.6 Å². The Balaban J connectivity index is 2.40. The number of hydrogen-bond donors (Lipinski definition) is 0. The first-order chi connectivity index (χ1) is 8.47. The fraction of sp³-hybridized carbons (Fsp3) is 0. The molecular weight excluding hydrogens is 369 g/mol. The Labute approximate surface area is 125 Å². The Bertz CT molecular complexity index is 612. The predicted molar refractivity (Wildman–Crippen MR) is 71.2 cm³/mol. The van der Waals surface area contributed by atoms with Crippen LogP contribution in [0.15, 0.2) is 22.7 Å². The molecule has 0 aliphatic carbocycles. The quantitative estimate of drug-likeness (QED) is 0.686. The molecule has 2 rings (SSSR count). The lowest BCUT2D eigenvalue weighted by Crippen LogP contribution is -1.92. The van der Waals surface area contributed by atoms with Crippen LogP contribution in [0.25, 0.3) is 0 Å². The Morgan fingerprint density at radius 1 is 1.06 bits per heavy atom. The van der Waals surface area contributed by atoms with Gasteiger partial charge in [0.2, 0.25) is 0 Å². The number of aromatic nitrogens is 2. The third-order valence-electron chi connectivity index (χ3n) is 1.88. The number of benzene rings is 1. The third kappa shape index (κ3) is 3.03. The normalized spacial score (nSPS) is 10.5. The first kappa shape index (κ1) is 13.8. The average Bonchev–Trinajstić information content (AvgIpc) is 2.30. The minimum Gasteiger partial charge on any atom is -0.453 e. The molecule has 0 radical (unpaired) electrons. The molecule has 0 N–H and O–H groups in total. The van der Waals surface area contributed by atoms with Gasteiger partial charge in [0.25, 0.3) is 0 Å². The molecule has 0 fully saturated rings. The summed E-state index contributed by atoms with van der Waals surface area (Å²) in [6.07, 6.45) is 0. The summed E-state index contributed by atoms with van der Waals surface area (Å²) in [6, 6.07) is 3.86. The van der Waals surface area contributed by atoms with Gasteiger partial charge in [-0.15, -0.1) is 10.2 Å². The smallest absolute Gasteiger partial charge is 0.194 e. The SMILES string of the molecule is Fc1cc(Oc2cc(Cl)nnc2Cl)c(Br)cc1Cl. The summed E-state index contributed by atoms with van der Waals surface area (Å²) in [5.41, 5.74) is 0. The first-order valence-corrected chi connectivity index (χ1v) is 6.41. The van der Waals surface area contributed by atoms with Gasteiger partial charge in [-0.2, -0.15) is 0 Å². The van der Waals surface area contributed by atoms with Gasteiger partial charge in [0, 0.05) is 12.1 Å². The van der Waals surface area contributed by atoms with Crippen molar-refractivity contribution in [2.45, 2.75) is 0 Å². The molecule has 1 aromatic heterocycles. The van der Waals surface area contributed by atoms with E-state index < -0.39 is 5.82 Å². The van der Waals surface area contributed by atoms with Crippen LogP contribution in [0.4, 0.5) is 4.39 Å². The van der Waals surface area contributed by atoms with Crippen LogP contribution in [-0.4, -0.2) is 10.2 Å². The summed E-state index contributed by atoms with van der Waals surface area (Å²) in [7, 11) is 0. The van der Waals surface area contributed by atoms with Crippen molar-refractivity contribution in [3.05, 3.63) is 43.8 Å². The molecule has 0 aliphatic heterocycles. The van der Waals surface area contributed by atoms with Crippen LogP contribution in [0.5, 0.6) is 11.5 Å². The number of rotatable bonds is 2. The van der Waals surface area contributed by atoms with Gasteiger partial charge in [-0.05, 0) is 22.0 Å². The van der Waals surface area contributed by atoms with Crippen LogP contribution < -0.4 is 4.74 Å². The molecule has 1 aromatic carbocycles. The lowest BCUT2D eigenvalue weighted by atomic mass is 10.3. The first-order valence-electron chi connectivity index (χ1n) is 4.48. The molecule has 94 valence electrons. The Hall–Kier alpha value is -0.620. The maximum Gasteiger partial charge on any atom is 0.194 e. The van der Waals surface area contributed by atoms with Gasteiger partial charge in [-0.1, -0.05) is 34.8 Å². The topological polar surface area (TPSA) is 35.0 Å². The fourth-order valence-electron chi connectivity index (χ4n) is 1.11. The predicted octanol–water partition coefficient (Wildman–Crippen LogP) is 5.13. The van der Waals surface area contributed by atoms with Crippen LogP contribution in [0, 0.1) is 5.82 Å². The van der Waals surface area contributed by atoms with Crippen LogP contribution in [-0.2, 0) is 0 Å². The van der Waals surface area contributed by atoms with E-state index in [9.17, 15) is 4.39 Å². The van der Waals surface area contributed by atoms with Gasteiger partial charge in [0.15, 0.2) is 16.1 Å². The van der Waals surface area contributed by atoms with E-state index in [-0.39, 0.29) is 26.8 Å². The molecule has 18 heavy (non-hydrogen) atoms. The van der Waals surface area contributed by atoms with E-state index in [1.54, 1.807) is 0 Å². The maximum absolute atomic E-state index is 13.3. The summed E-state index contributed by atoms with van der Waals surface area (Å²) in [5, 5.41) is 7.20. The maximum atomic E-state index is 13.3. The van der Waals surface area contributed by atoms with Crippen LogP contribution in [0.1, 0.15) is 0 Å². The average molecular weight is 372 g/mol. The molecule has 0 spiro atoms. The molecule has 1 heterocycles. The summed E-state index contributed by atoms with van der Waals surface area (Å²) >= 11 is 20.2. The molecular formula is C10H3BrCl3FN2O. The standard InChI is InChI=1S/C10H3BrCl3FN2O/c11-4-1-5(12)6(15)2-7(4)18-8-3-9(13)16-17-10(8)14/h1-3H. The molecule has 0 amide bonds. The van der Waals surface area contributed by atoms with Crippen molar-refractivity contribution in [3.8, 4) is 11.5 Å². The molecule has 0 saturated heterocycles. The van der Waals surface area contributed by atoms with Gasteiger partial charge >= 0.3 is 0 Å². The molecule has 0 aliphatic rings. The molecule has 3 nitrogen and oxygen atoms in total. The second-order valence-electron chi connectivity index (χ2n) is 3.12. The third-order valence-corrected chi connectivity index (χ3v) is 3.24. The summed E-state index contributed by atoms with van der Waals surface area (Å²) in [4.78, 5) is 0. The van der Waals surface area contributed by atoms with E-state index in [0.717, 1.165) is 6.07 Å². The highest BCUT2D eigenvalue weighted by Crippen LogP contribution is 2.36. The van der Waals surface area contributed by atoms with Crippen molar-refractivity contribution >= 4 is 50.7 Å². The highest BCUT2D eigenvalue weighted by molar-refractivity contribution is 9.10. The summed E-state index contributed by atoms with van der Waals surface area (Å²) < 4.78 is 19.2. The van der Waals surface area contributed by atoms with E-state index >= 15 is 0 Å². The Kier molecular flexibility index (Phi) is 4.27. The zero-order valence-electron chi connectivity index (χ0n) is 8.42. The largest absolute Gasteiger partial charge is 0.453 e. The molecule has 0 saturated carbocycles. The highest BCUT2D eigenvalue weighted by Gasteiger charge is 2.12. The molecule has 0 bridgehead atoms. The lowest BCUT2D eigenvalue weighted by Gasteiger charge is -2.09. The summed E-state index contributed by atoms with van der Waals surface area (Å²) in [5.74, 6) is -0.249. The van der Waals surface area contributed by atoms with E-state index in [4.69, 9.17) is 39.5 Å². The van der Waals surface area contributed by atoms with Crippen LogP contribution in [0.3, 0.4) is 0 Å².